The fourth-order valence-electron chi connectivity index (χ4n) is 2.19. The van der Waals surface area contributed by atoms with Gasteiger partial charge in [0.2, 0.25) is 0 Å². The van der Waals surface area contributed by atoms with Crippen molar-refractivity contribution in [3.8, 4) is 0 Å². The van der Waals surface area contributed by atoms with Gasteiger partial charge in [0.15, 0.2) is 0 Å². The van der Waals surface area contributed by atoms with E-state index in [1.54, 1.807) is 0 Å². The molecule has 1 unspecified atom stereocenters. The average molecular weight is 156 g/mol. The predicted octanol–water partition coefficient (Wildman–Crippen LogP) is 1.92. The summed E-state index contributed by atoms with van der Waals surface area (Å²) in [6.45, 7) is 2.27. The normalized spacial score (nSPS) is 21.9. The van der Waals surface area contributed by atoms with Crippen molar-refractivity contribution in [3.05, 3.63) is 29.3 Å². The van der Waals surface area contributed by atoms with Gasteiger partial charge in [-0.1, -0.05) is 30.6 Å². The van der Waals surface area contributed by atoms with Crippen LogP contribution in [0.15, 0.2) is 18.2 Å². The Kier molecular flexibility index (Phi) is 1.96. The van der Waals surface area contributed by atoms with E-state index in [4.69, 9.17) is 7.85 Å². The molecule has 12 heavy (non-hydrogen) atoms. The molecule has 1 aromatic carbocycles. The van der Waals surface area contributed by atoms with Crippen molar-refractivity contribution >= 4 is 13.3 Å². The smallest absolute Gasteiger partial charge is 0.0930 e. The van der Waals surface area contributed by atoms with Crippen LogP contribution in [0.3, 0.4) is 0 Å². The van der Waals surface area contributed by atoms with Crippen LogP contribution < -0.4 is 5.46 Å². The van der Waals surface area contributed by atoms with Crippen LogP contribution in [0.2, 0.25) is 0 Å². The highest BCUT2D eigenvalue weighted by molar-refractivity contribution is 6.33. The van der Waals surface area contributed by atoms with Gasteiger partial charge in [0.1, 0.15) is 7.85 Å². The summed E-state index contributed by atoms with van der Waals surface area (Å²) >= 11 is 0. The van der Waals surface area contributed by atoms with Crippen LogP contribution in [0.25, 0.3) is 0 Å². The molecule has 1 atom stereocenters. The van der Waals surface area contributed by atoms with Gasteiger partial charge < -0.3 is 0 Å². The molecule has 60 valence electrons. The second-order valence-electron chi connectivity index (χ2n) is 3.71. The third-order valence-electron chi connectivity index (χ3n) is 2.81. The highest BCUT2D eigenvalue weighted by Crippen LogP contribution is 2.28. The molecule has 0 aromatic heterocycles. The van der Waals surface area contributed by atoms with E-state index in [9.17, 15) is 0 Å². The van der Waals surface area contributed by atoms with Crippen molar-refractivity contribution in [3.63, 3.8) is 0 Å². The van der Waals surface area contributed by atoms with Crippen molar-refractivity contribution in [1.29, 1.82) is 0 Å². The van der Waals surface area contributed by atoms with Crippen LogP contribution in [-0.2, 0) is 6.42 Å². The summed E-state index contributed by atoms with van der Waals surface area (Å²) in [6, 6.07) is 6.29. The summed E-state index contributed by atoms with van der Waals surface area (Å²) < 4.78 is 0. The van der Waals surface area contributed by atoms with Gasteiger partial charge in [-0.25, -0.2) is 0 Å². The molecule has 0 bridgehead atoms. The molecule has 2 radical (unpaired) electrons. The maximum Gasteiger partial charge on any atom is 0.114 e. The Bertz CT molecular complexity index is 291. The summed E-state index contributed by atoms with van der Waals surface area (Å²) in [7, 11) is 5.93. The second kappa shape index (κ2) is 2.97. The SMILES string of the molecule is [B]c1cccc2c1C(C)CCC2. The van der Waals surface area contributed by atoms with Gasteiger partial charge in [0, 0.05) is 0 Å². The van der Waals surface area contributed by atoms with Crippen molar-refractivity contribution in [1.82, 2.24) is 0 Å². The quantitative estimate of drug-likeness (QED) is 0.503. The van der Waals surface area contributed by atoms with Crippen molar-refractivity contribution < 1.29 is 0 Å². The third kappa shape index (κ3) is 1.18. The van der Waals surface area contributed by atoms with E-state index < -0.39 is 0 Å². The zero-order valence-corrected chi connectivity index (χ0v) is 7.51. The first kappa shape index (κ1) is 7.91. The topological polar surface area (TPSA) is 0 Å². The van der Waals surface area contributed by atoms with Crippen LogP contribution in [-0.4, -0.2) is 7.85 Å². The largest absolute Gasteiger partial charge is 0.114 e. The van der Waals surface area contributed by atoms with Gasteiger partial charge in [-0.05, 0) is 36.3 Å². The molecule has 0 nitrogen and oxygen atoms in total. The lowest BCUT2D eigenvalue weighted by atomic mass is 9.76. The van der Waals surface area contributed by atoms with Crippen molar-refractivity contribution in [2.75, 3.05) is 0 Å². The molecule has 1 aliphatic carbocycles. The summed E-state index contributed by atoms with van der Waals surface area (Å²) in [5.74, 6) is 0.662. The first-order chi connectivity index (χ1) is 5.79. The Morgan fingerprint density at radius 3 is 3.00 bits per heavy atom. The maximum absolute atomic E-state index is 5.93. The van der Waals surface area contributed by atoms with E-state index in [2.05, 4.69) is 19.1 Å². The van der Waals surface area contributed by atoms with Gasteiger partial charge in [-0.3, -0.25) is 0 Å². The van der Waals surface area contributed by atoms with Gasteiger partial charge in [-0.2, -0.15) is 0 Å². The van der Waals surface area contributed by atoms with E-state index >= 15 is 0 Å². The number of aryl methyl sites for hydroxylation is 1. The molecule has 2 rings (SSSR count). The Balaban J connectivity index is 2.53. The zero-order chi connectivity index (χ0) is 8.55. The summed E-state index contributed by atoms with van der Waals surface area (Å²) in [4.78, 5) is 0. The number of rotatable bonds is 0. The zero-order valence-electron chi connectivity index (χ0n) is 7.51. The molecule has 0 N–H and O–H groups in total. The molecule has 1 aliphatic rings. The minimum absolute atomic E-state index is 0.662. The van der Waals surface area contributed by atoms with Crippen molar-refractivity contribution in [2.24, 2.45) is 0 Å². The van der Waals surface area contributed by atoms with Gasteiger partial charge >= 0.3 is 0 Å². The number of fused-ring (bicyclic) bond motifs is 1. The lowest BCUT2D eigenvalue weighted by Gasteiger charge is -2.24. The van der Waals surface area contributed by atoms with E-state index in [1.807, 2.05) is 6.07 Å². The molecular weight excluding hydrogens is 143 g/mol. The average Bonchev–Trinajstić information content (AvgIpc) is 2.04. The van der Waals surface area contributed by atoms with Crippen molar-refractivity contribution in [2.45, 2.75) is 32.1 Å². The molecular formula is C11H13B. The molecule has 0 saturated carbocycles. The fourth-order valence-corrected chi connectivity index (χ4v) is 2.19. The first-order valence-electron chi connectivity index (χ1n) is 4.66. The van der Waals surface area contributed by atoms with Crippen LogP contribution in [0.5, 0.6) is 0 Å². The van der Waals surface area contributed by atoms with Crippen LogP contribution >= 0.6 is 0 Å². The fraction of sp³-hybridized carbons (Fsp3) is 0.455. The third-order valence-corrected chi connectivity index (χ3v) is 2.81. The van der Waals surface area contributed by atoms with Gasteiger partial charge in [0.25, 0.3) is 0 Å². The van der Waals surface area contributed by atoms with Gasteiger partial charge in [0.05, 0.1) is 0 Å². The lowest BCUT2D eigenvalue weighted by molar-refractivity contribution is 0.593. The minimum atomic E-state index is 0.662. The summed E-state index contributed by atoms with van der Waals surface area (Å²) in [5, 5.41) is 0. The summed E-state index contributed by atoms with van der Waals surface area (Å²) in [6.07, 6.45) is 3.82. The molecule has 0 amide bonds. The van der Waals surface area contributed by atoms with Crippen LogP contribution in [0.1, 0.15) is 36.8 Å². The molecule has 0 heterocycles. The summed E-state index contributed by atoms with van der Waals surface area (Å²) in [5.41, 5.74) is 3.86. The Morgan fingerprint density at radius 1 is 1.42 bits per heavy atom. The van der Waals surface area contributed by atoms with Crippen LogP contribution in [0, 0.1) is 0 Å². The number of benzene rings is 1. The Morgan fingerprint density at radius 2 is 2.25 bits per heavy atom. The minimum Gasteiger partial charge on any atom is -0.0930 e. The molecule has 0 aliphatic heterocycles. The maximum atomic E-state index is 5.93. The molecule has 1 aromatic rings. The van der Waals surface area contributed by atoms with E-state index in [0.29, 0.717) is 5.92 Å². The van der Waals surface area contributed by atoms with Gasteiger partial charge in [-0.15, -0.1) is 0 Å². The number of hydrogen-bond acceptors (Lipinski definition) is 0. The standard InChI is InChI=1S/C11H13B/c1-8-4-2-5-9-6-3-7-10(12)11(8)9/h3,6-8H,2,4-5H2,1H3. The first-order valence-corrected chi connectivity index (χ1v) is 4.66. The molecule has 0 fully saturated rings. The Hall–Kier alpha value is -0.715. The number of hydrogen-bond donors (Lipinski definition) is 0. The molecule has 1 heteroatoms. The highest BCUT2D eigenvalue weighted by Gasteiger charge is 2.16. The van der Waals surface area contributed by atoms with Crippen LogP contribution in [0.4, 0.5) is 0 Å². The highest BCUT2D eigenvalue weighted by atomic mass is 14.2. The molecule has 0 spiro atoms. The monoisotopic (exact) mass is 156 g/mol. The van der Waals surface area contributed by atoms with E-state index in [0.717, 1.165) is 5.46 Å². The van der Waals surface area contributed by atoms with E-state index in [1.165, 1.54) is 30.4 Å². The van der Waals surface area contributed by atoms with E-state index in [-0.39, 0.29) is 0 Å². The lowest BCUT2D eigenvalue weighted by Crippen LogP contribution is -2.19. The Labute approximate surface area is 75.4 Å². The predicted molar refractivity (Wildman–Crippen MR) is 53.2 cm³/mol. The molecule has 0 saturated heterocycles. The second-order valence-corrected chi connectivity index (χ2v) is 3.71.